The summed E-state index contributed by atoms with van der Waals surface area (Å²) >= 11 is 0. The quantitative estimate of drug-likeness (QED) is 0.885. The average Bonchev–Trinajstić information content (AvgIpc) is 2.46. The molecular formula is C18H24N2O. The van der Waals surface area contributed by atoms with E-state index in [0.29, 0.717) is 12.3 Å². The summed E-state index contributed by atoms with van der Waals surface area (Å²) < 4.78 is 0. The van der Waals surface area contributed by atoms with Crippen LogP contribution in [0.2, 0.25) is 0 Å². The van der Waals surface area contributed by atoms with Crippen LogP contribution in [0.25, 0.3) is 0 Å². The first kappa shape index (κ1) is 15.5. The number of nitrogens with two attached hydrogens (primary N) is 1. The summed E-state index contributed by atoms with van der Waals surface area (Å²) in [4.78, 5) is 4.62. The van der Waals surface area contributed by atoms with Crippen molar-refractivity contribution >= 4 is 0 Å². The molecule has 0 aliphatic heterocycles. The van der Waals surface area contributed by atoms with E-state index in [0.717, 1.165) is 35.4 Å². The van der Waals surface area contributed by atoms with Crippen molar-refractivity contribution in [1.82, 2.24) is 4.98 Å². The van der Waals surface area contributed by atoms with Gasteiger partial charge in [0, 0.05) is 16.7 Å². The number of benzene rings is 1. The summed E-state index contributed by atoms with van der Waals surface area (Å²) in [6.07, 6.45) is 1.67. The summed E-state index contributed by atoms with van der Waals surface area (Å²) in [5, 5.41) is 10.6. The first-order valence-electron chi connectivity index (χ1n) is 7.42. The summed E-state index contributed by atoms with van der Waals surface area (Å²) in [7, 11) is 0. The van der Waals surface area contributed by atoms with Gasteiger partial charge >= 0.3 is 0 Å². The molecular weight excluding hydrogens is 260 g/mol. The van der Waals surface area contributed by atoms with Crippen molar-refractivity contribution < 1.29 is 5.11 Å². The molecule has 21 heavy (non-hydrogen) atoms. The van der Waals surface area contributed by atoms with E-state index >= 15 is 0 Å². The molecule has 2 rings (SSSR count). The van der Waals surface area contributed by atoms with Crippen LogP contribution in [0.15, 0.2) is 36.4 Å². The highest BCUT2D eigenvalue weighted by atomic mass is 16.3. The number of aryl methyl sites for hydroxylation is 2. The molecule has 0 aliphatic rings. The molecule has 2 aromatic rings. The van der Waals surface area contributed by atoms with Crippen molar-refractivity contribution in [2.24, 2.45) is 5.73 Å². The van der Waals surface area contributed by atoms with E-state index < -0.39 is 0 Å². The van der Waals surface area contributed by atoms with Crippen LogP contribution in [0.5, 0.6) is 5.75 Å². The first-order chi connectivity index (χ1) is 9.96. The Hall–Kier alpha value is -1.87. The minimum Gasteiger partial charge on any atom is -0.507 e. The Balaban J connectivity index is 2.44. The van der Waals surface area contributed by atoms with E-state index in [1.54, 1.807) is 0 Å². The lowest BCUT2D eigenvalue weighted by atomic mass is 9.79. The van der Waals surface area contributed by atoms with Crippen LogP contribution in [0, 0.1) is 6.92 Å². The predicted octanol–water partition coefficient (Wildman–Crippen LogP) is 3.31. The standard InChI is InChI=1S/C18H24N2O/c1-13-7-4-11-16(20-13)18(2,3)15-10-5-8-14(17(15)21)9-6-12-19/h4-5,7-8,10-11,21H,6,9,12,19H2,1-3H3. The van der Waals surface area contributed by atoms with Gasteiger partial charge in [-0.15, -0.1) is 0 Å². The van der Waals surface area contributed by atoms with Gasteiger partial charge < -0.3 is 10.8 Å². The molecule has 3 heteroatoms. The third-order valence-corrected chi connectivity index (χ3v) is 3.97. The molecule has 0 radical (unpaired) electrons. The molecule has 112 valence electrons. The van der Waals surface area contributed by atoms with Crippen LogP contribution in [0.1, 0.15) is 42.8 Å². The van der Waals surface area contributed by atoms with Gasteiger partial charge in [-0.1, -0.05) is 38.1 Å². The molecule has 1 aromatic carbocycles. The second-order valence-corrected chi connectivity index (χ2v) is 5.99. The largest absolute Gasteiger partial charge is 0.507 e. The van der Waals surface area contributed by atoms with E-state index in [1.165, 1.54) is 0 Å². The minimum absolute atomic E-state index is 0.338. The van der Waals surface area contributed by atoms with Gasteiger partial charge in [-0.25, -0.2) is 0 Å². The van der Waals surface area contributed by atoms with Crippen LogP contribution < -0.4 is 5.73 Å². The van der Waals surface area contributed by atoms with Gasteiger partial charge in [0.2, 0.25) is 0 Å². The Morgan fingerprint density at radius 2 is 1.86 bits per heavy atom. The predicted molar refractivity (Wildman–Crippen MR) is 86.6 cm³/mol. The number of hydrogen-bond acceptors (Lipinski definition) is 3. The van der Waals surface area contributed by atoms with Gasteiger partial charge in [0.25, 0.3) is 0 Å². The summed E-state index contributed by atoms with van der Waals surface area (Å²) in [5.74, 6) is 0.374. The Bertz CT molecular complexity index is 620. The molecule has 0 amide bonds. The van der Waals surface area contributed by atoms with E-state index in [-0.39, 0.29) is 5.41 Å². The van der Waals surface area contributed by atoms with Crippen molar-refractivity contribution in [2.45, 2.75) is 39.0 Å². The van der Waals surface area contributed by atoms with Crippen LogP contribution in [-0.4, -0.2) is 16.6 Å². The highest BCUT2D eigenvalue weighted by Crippen LogP contribution is 2.37. The molecule has 0 unspecified atom stereocenters. The normalized spacial score (nSPS) is 11.6. The highest BCUT2D eigenvalue weighted by Gasteiger charge is 2.28. The lowest BCUT2D eigenvalue weighted by Gasteiger charge is -2.27. The topological polar surface area (TPSA) is 59.1 Å². The zero-order chi connectivity index (χ0) is 15.5. The smallest absolute Gasteiger partial charge is 0.122 e. The SMILES string of the molecule is Cc1cccc(C(C)(C)c2cccc(CCCN)c2O)n1. The number of phenolic OH excluding ortho intramolecular Hbond substituents is 1. The number of rotatable bonds is 5. The fourth-order valence-corrected chi connectivity index (χ4v) is 2.62. The number of nitrogens with zero attached hydrogens (tertiary/aromatic N) is 1. The summed E-state index contributed by atoms with van der Waals surface area (Å²) in [6.45, 7) is 6.80. The maximum absolute atomic E-state index is 10.6. The van der Waals surface area contributed by atoms with Gasteiger partial charge in [0.1, 0.15) is 5.75 Å². The van der Waals surface area contributed by atoms with E-state index in [9.17, 15) is 5.11 Å². The maximum atomic E-state index is 10.6. The van der Waals surface area contributed by atoms with Crippen LogP contribution in [-0.2, 0) is 11.8 Å². The van der Waals surface area contributed by atoms with E-state index in [4.69, 9.17) is 5.73 Å². The minimum atomic E-state index is -0.338. The third kappa shape index (κ3) is 3.24. The Morgan fingerprint density at radius 3 is 2.52 bits per heavy atom. The molecule has 0 saturated carbocycles. The molecule has 0 aliphatic carbocycles. The van der Waals surface area contributed by atoms with Crippen molar-refractivity contribution in [2.75, 3.05) is 6.54 Å². The van der Waals surface area contributed by atoms with Gasteiger partial charge in [-0.2, -0.15) is 0 Å². The van der Waals surface area contributed by atoms with Gasteiger partial charge in [-0.05, 0) is 44.0 Å². The lowest BCUT2D eigenvalue weighted by molar-refractivity contribution is 0.443. The molecule has 0 spiro atoms. The molecule has 1 heterocycles. The zero-order valence-electron chi connectivity index (χ0n) is 13.1. The number of pyridine rings is 1. The number of aromatic hydroxyl groups is 1. The number of aromatic nitrogens is 1. The average molecular weight is 284 g/mol. The number of hydrogen-bond donors (Lipinski definition) is 2. The summed E-state index contributed by atoms with van der Waals surface area (Å²) in [6, 6.07) is 11.9. The van der Waals surface area contributed by atoms with Gasteiger partial charge in [0.15, 0.2) is 0 Å². The van der Waals surface area contributed by atoms with Crippen LogP contribution in [0.4, 0.5) is 0 Å². The number of phenols is 1. The van der Waals surface area contributed by atoms with Crippen molar-refractivity contribution in [3.63, 3.8) is 0 Å². The highest BCUT2D eigenvalue weighted by molar-refractivity contribution is 5.48. The van der Waals surface area contributed by atoms with Crippen LogP contribution in [0.3, 0.4) is 0 Å². The molecule has 0 bridgehead atoms. The van der Waals surface area contributed by atoms with Crippen molar-refractivity contribution in [1.29, 1.82) is 0 Å². The molecule has 1 aromatic heterocycles. The molecule has 3 N–H and O–H groups in total. The fourth-order valence-electron chi connectivity index (χ4n) is 2.62. The number of para-hydroxylation sites is 1. The lowest BCUT2D eigenvalue weighted by Crippen LogP contribution is -2.21. The first-order valence-corrected chi connectivity index (χ1v) is 7.42. The molecule has 0 atom stereocenters. The van der Waals surface area contributed by atoms with Gasteiger partial charge in [0.05, 0.1) is 5.69 Å². The molecule has 3 nitrogen and oxygen atoms in total. The Labute approximate surface area is 126 Å². The van der Waals surface area contributed by atoms with Crippen LogP contribution >= 0.6 is 0 Å². The monoisotopic (exact) mass is 284 g/mol. The second kappa shape index (κ2) is 6.27. The van der Waals surface area contributed by atoms with Gasteiger partial charge in [-0.3, -0.25) is 4.98 Å². The summed E-state index contributed by atoms with van der Waals surface area (Å²) in [5.41, 5.74) is 9.05. The second-order valence-electron chi connectivity index (χ2n) is 5.99. The van der Waals surface area contributed by atoms with E-state index in [2.05, 4.69) is 18.8 Å². The van der Waals surface area contributed by atoms with Crippen molar-refractivity contribution in [3.8, 4) is 5.75 Å². The third-order valence-electron chi connectivity index (χ3n) is 3.97. The zero-order valence-corrected chi connectivity index (χ0v) is 13.1. The van der Waals surface area contributed by atoms with Crippen molar-refractivity contribution in [3.05, 3.63) is 58.9 Å². The molecule has 0 fully saturated rings. The fraction of sp³-hybridized carbons (Fsp3) is 0.389. The Morgan fingerprint density at radius 1 is 1.14 bits per heavy atom. The van der Waals surface area contributed by atoms with E-state index in [1.807, 2.05) is 43.3 Å². The molecule has 0 saturated heterocycles. The Kier molecular flexibility index (Phi) is 4.63. The maximum Gasteiger partial charge on any atom is 0.122 e.